The van der Waals surface area contributed by atoms with Gasteiger partial charge in [-0.15, -0.1) is 0 Å². The van der Waals surface area contributed by atoms with Gasteiger partial charge in [0.15, 0.2) is 0 Å². The third-order valence-electron chi connectivity index (χ3n) is 4.37. The van der Waals surface area contributed by atoms with Gasteiger partial charge in [-0.25, -0.2) is 9.97 Å². The van der Waals surface area contributed by atoms with Crippen LogP contribution in [0.5, 0.6) is 0 Å². The second-order valence-electron chi connectivity index (χ2n) is 6.08. The van der Waals surface area contributed by atoms with E-state index in [2.05, 4.69) is 24.9 Å². The Balaban J connectivity index is 1.45. The van der Waals surface area contributed by atoms with E-state index in [1.54, 1.807) is 6.07 Å². The van der Waals surface area contributed by atoms with Crippen molar-refractivity contribution in [1.29, 1.82) is 0 Å². The third-order valence-corrected chi connectivity index (χ3v) is 5.43. The Morgan fingerprint density at radius 3 is 2.76 bits per heavy atom. The van der Waals surface area contributed by atoms with Crippen LogP contribution in [-0.2, 0) is 13.0 Å². The molecule has 0 saturated carbocycles. The summed E-state index contributed by atoms with van der Waals surface area (Å²) in [7, 11) is 0. The van der Waals surface area contributed by atoms with Gasteiger partial charge in [-0.1, -0.05) is 24.3 Å². The Labute approximate surface area is 149 Å². The van der Waals surface area contributed by atoms with Crippen molar-refractivity contribution in [1.82, 2.24) is 24.5 Å². The van der Waals surface area contributed by atoms with E-state index in [9.17, 15) is 4.79 Å². The summed E-state index contributed by atoms with van der Waals surface area (Å²) in [6.45, 7) is 6.45. The summed E-state index contributed by atoms with van der Waals surface area (Å²) in [5, 5.41) is 5.23. The second-order valence-corrected chi connectivity index (χ2v) is 7.12. The molecule has 4 rings (SSSR count). The maximum absolute atomic E-state index is 12.2. The molecule has 3 aromatic heterocycles. The maximum Gasteiger partial charge on any atom is 0.275 e. The number of piperazine rings is 1. The molecule has 0 aromatic carbocycles. The molecule has 0 spiro atoms. The highest BCUT2D eigenvalue weighted by molar-refractivity contribution is 7.16. The number of hydrogen-bond donors (Lipinski definition) is 0. The number of pyridine rings is 1. The quantitative estimate of drug-likeness (QED) is 0.705. The van der Waals surface area contributed by atoms with Crippen molar-refractivity contribution in [2.75, 3.05) is 31.1 Å². The number of aryl methyl sites for hydroxylation is 1. The summed E-state index contributed by atoms with van der Waals surface area (Å²) in [5.41, 5.74) is 0.727. The first-order valence-electron chi connectivity index (χ1n) is 8.50. The van der Waals surface area contributed by atoms with Gasteiger partial charge in [0.05, 0.1) is 5.69 Å². The van der Waals surface area contributed by atoms with Crippen LogP contribution in [0.15, 0.2) is 35.3 Å². The predicted octanol–water partition coefficient (Wildman–Crippen LogP) is 1.43. The van der Waals surface area contributed by atoms with Gasteiger partial charge in [0, 0.05) is 45.0 Å². The highest BCUT2D eigenvalue weighted by atomic mass is 32.1. The lowest BCUT2D eigenvalue weighted by molar-refractivity contribution is 0.246. The van der Waals surface area contributed by atoms with E-state index in [-0.39, 0.29) is 5.56 Å². The molecule has 1 fully saturated rings. The highest BCUT2D eigenvalue weighted by Crippen LogP contribution is 2.15. The fourth-order valence-corrected chi connectivity index (χ4v) is 3.88. The van der Waals surface area contributed by atoms with Gasteiger partial charge in [0.1, 0.15) is 10.8 Å². The van der Waals surface area contributed by atoms with Crippen molar-refractivity contribution >= 4 is 22.1 Å². The minimum absolute atomic E-state index is 0.0944. The molecule has 4 heterocycles. The van der Waals surface area contributed by atoms with Crippen LogP contribution in [0, 0.1) is 0 Å². The van der Waals surface area contributed by atoms with Gasteiger partial charge in [-0.3, -0.25) is 9.69 Å². The van der Waals surface area contributed by atoms with Crippen LogP contribution in [-0.4, -0.2) is 50.7 Å². The average Bonchev–Trinajstić information content (AvgIpc) is 3.07. The SMILES string of the molecule is CCc1nn2c(=O)cc(CN3CCN(c4ccccn4)CC3)nc2s1. The van der Waals surface area contributed by atoms with Crippen LogP contribution < -0.4 is 10.5 Å². The molecule has 7 nitrogen and oxygen atoms in total. The molecule has 0 N–H and O–H groups in total. The van der Waals surface area contributed by atoms with Gasteiger partial charge in [-0.05, 0) is 18.6 Å². The largest absolute Gasteiger partial charge is 0.354 e. The number of hydrogen-bond acceptors (Lipinski definition) is 7. The molecule has 8 heteroatoms. The van der Waals surface area contributed by atoms with E-state index in [0.29, 0.717) is 11.5 Å². The molecule has 0 radical (unpaired) electrons. The normalized spacial score (nSPS) is 15.8. The van der Waals surface area contributed by atoms with Gasteiger partial charge in [0.2, 0.25) is 4.96 Å². The molecule has 1 aliphatic rings. The summed E-state index contributed by atoms with van der Waals surface area (Å²) < 4.78 is 1.41. The first-order valence-corrected chi connectivity index (χ1v) is 9.31. The van der Waals surface area contributed by atoms with Gasteiger partial charge in [0.25, 0.3) is 5.56 Å². The van der Waals surface area contributed by atoms with Crippen LogP contribution in [0.2, 0.25) is 0 Å². The van der Waals surface area contributed by atoms with E-state index in [1.165, 1.54) is 15.9 Å². The van der Waals surface area contributed by atoms with E-state index in [0.717, 1.165) is 49.1 Å². The smallest absolute Gasteiger partial charge is 0.275 e. The maximum atomic E-state index is 12.2. The minimum atomic E-state index is -0.0944. The molecular formula is C17H20N6OS. The zero-order valence-corrected chi connectivity index (χ0v) is 14.9. The van der Waals surface area contributed by atoms with Gasteiger partial charge >= 0.3 is 0 Å². The topological polar surface area (TPSA) is 66.6 Å². The lowest BCUT2D eigenvalue weighted by atomic mass is 10.2. The fourth-order valence-electron chi connectivity index (χ4n) is 3.02. The molecule has 0 bridgehead atoms. The third kappa shape index (κ3) is 3.40. The molecule has 130 valence electrons. The monoisotopic (exact) mass is 356 g/mol. The molecule has 3 aromatic rings. The summed E-state index contributed by atoms with van der Waals surface area (Å²) in [5.74, 6) is 1.02. The summed E-state index contributed by atoms with van der Waals surface area (Å²) >= 11 is 1.49. The van der Waals surface area contributed by atoms with Crippen molar-refractivity contribution in [2.45, 2.75) is 19.9 Å². The first-order chi connectivity index (χ1) is 12.2. The molecule has 0 amide bonds. The van der Waals surface area contributed by atoms with Crippen molar-refractivity contribution in [2.24, 2.45) is 0 Å². The minimum Gasteiger partial charge on any atom is -0.354 e. The van der Waals surface area contributed by atoms with Crippen LogP contribution >= 0.6 is 11.3 Å². The molecule has 25 heavy (non-hydrogen) atoms. The Morgan fingerprint density at radius 1 is 1.20 bits per heavy atom. The summed E-state index contributed by atoms with van der Waals surface area (Å²) in [6, 6.07) is 7.60. The van der Waals surface area contributed by atoms with Gasteiger partial charge < -0.3 is 4.90 Å². The van der Waals surface area contributed by atoms with Crippen LogP contribution in [0.1, 0.15) is 17.6 Å². The van der Waals surface area contributed by atoms with Crippen molar-refractivity contribution in [3.63, 3.8) is 0 Å². The average molecular weight is 356 g/mol. The second kappa shape index (κ2) is 6.89. The van der Waals surface area contributed by atoms with Crippen LogP contribution in [0.3, 0.4) is 0 Å². The Bertz CT molecular complexity index is 914. The van der Waals surface area contributed by atoms with Crippen molar-refractivity contribution < 1.29 is 0 Å². The van der Waals surface area contributed by atoms with Crippen molar-refractivity contribution in [3.05, 3.63) is 51.5 Å². The van der Waals surface area contributed by atoms with E-state index >= 15 is 0 Å². The summed E-state index contributed by atoms with van der Waals surface area (Å²) in [4.78, 5) is 26.6. The molecular weight excluding hydrogens is 336 g/mol. The van der Waals surface area contributed by atoms with Crippen LogP contribution in [0.25, 0.3) is 4.96 Å². The fraction of sp³-hybridized carbons (Fsp3) is 0.412. The lowest BCUT2D eigenvalue weighted by Crippen LogP contribution is -2.46. The van der Waals surface area contributed by atoms with Gasteiger partial charge in [-0.2, -0.15) is 9.61 Å². The Hall–Kier alpha value is -2.32. The standard InChI is InChI=1S/C17H20N6OS/c1-2-15-20-23-16(24)11-13(19-17(23)25-15)12-21-7-9-22(10-8-21)14-5-3-4-6-18-14/h3-6,11H,2,7-10,12H2,1H3. The number of fused-ring (bicyclic) bond motifs is 1. The zero-order chi connectivity index (χ0) is 17.2. The van der Waals surface area contributed by atoms with E-state index < -0.39 is 0 Å². The first kappa shape index (κ1) is 16.2. The molecule has 0 atom stereocenters. The predicted molar refractivity (Wildman–Crippen MR) is 98.2 cm³/mol. The number of aromatic nitrogens is 4. The van der Waals surface area contributed by atoms with E-state index in [1.807, 2.05) is 31.3 Å². The Morgan fingerprint density at radius 2 is 2.04 bits per heavy atom. The van der Waals surface area contributed by atoms with Crippen LogP contribution in [0.4, 0.5) is 5.82 Å². The highest BCUT2D eigenvalue weighted by Gasteiger charge is 2.19. The van der Waals surface area contributed by atoms with Crippen molar-refractivity contribution in [3.8, 4) is 0 Å². The summed E-state index contributed by atoms with van der Waals surface area (Å²) in [6.07, 6.45) is 2.65. The Kier molecular flexibility index (Phi) is 4.46. The number of anilines is 1. The molecule has 0 unspecified atom stereocenters. The molecule has 1 saturated heterocycles. The molecule has 1 aliphatic heterocycles. The number of nitrogens with zero attached hydrogens (tertiary/aromatic N) is 6. The number of rotatable bonds is 4. The molecule has 0 aliphatic carbocycles. The van der Waals surface area contributed by atoms with E-state index in [4.69, 9.17) is 0 Å². The zero-order valence-electron chi connectivity index (χ0n) is 14.1. The lowest BCUT2D eigenvalue weighted by Gasteiger charge is -2.35.